The maximum atomic E-state index is 11.7. The van der Waals surface area contributed by atoms with E-state index in [4.69, 9.17) is 9.47 Å². The van der Waals surface area contributed by atoms with E-state index in [0.717, 1.165) is 0 Å². The van der Waals surface area contributed by atoms with Crippen LogP contribution < -0.4 is 4.74 Å². The molecule has 1 aromatic carbocycles. The molecule has 0 radical (unpaired) electrons. The number of hydrogen-bond donors (Lipinski definition) is 0. The van der Waals surface area contributed by atoms with Crippen molar-refractivity contribution in [3.8, 4) is 5.75 Å². The van der Waals surface area contributed by atoms with Gasteiger partial charge in [0.2, 0.25) is 0 Å². The molecule has 6 nitrogen and oxygen atoms in total. The number of alkyl halides is 1. The molecule has 0 atom stereocenters. The van der Waals surface area contributed by atoms with Gasteiger partial charge in [-0.1, -0.05) is 15.9 Å². The Morgan fingerprint density at radius 3 is 2.61 bits per heavy atom. The van der Waals surface area contributed by atoms with Gasteiger partial charge < -0.3 is 9.47 Å². The van der Waals surface area contributed by atoms with E-state index >= 15 is 0 Å². The van der Waals surface area contributed by atoms with Crippen molar-refractivity contribution in [2.24, 2.45) is 0 Å². The minimum atomic E-state index is -0.563. The molecule has 0 N–H and O–H groups in total. The average Bonchev–Trinajstić information content (AvgIpc) is 2.37. The number of carbonyl (C=O) groups is 1. The third kappa shape index (κ3) is 2.98. The molecule has 0 aliphatic heterocycles. The summed E-state index contributed by atoms with van der Waals surface area (Å²) in [7, 11) is 1.34. The summed E-state index contributed by atoms with van der Waals surface area (Å²) in [5.74, 6) is -0.434. The van der Waals surface area contributed by atoms with Gasteiger partial charge in [-0.05, 0) is 13.0 Å². The zero-order chi connectivity index (χ0) is 13.7. The molecular formula is C11H12BrNO5. The number of carbonyl (C=O) groups excluding carboxylic acids is 1. The molecule has 0 unspecified atom stereocenters. The van der Waals surface area contributed by atoms with E-state index in [2.05, 4.69) is 15.9 Å². The summed E-state index contributed by atoms with van der Waals surface area (Å²) in [4.78, 5) is 22.0. The number of nitro groups is 1. The normalized spacial score (nSPS) is 9.94. The van der Waals surface area contributed by atoms with Crippen molar-refractivity contribution >= 4 is 27.6 Å². The first-order chi connectivity index (χ1) is 8.54. The number of ether oxygens (including phenoxy) is 2. The molecule has 0 heterocycles. The van der Waals surface area contributed by atoms with Crippen LogP contribution in [0.5, 0.6) is 5.75 Å². The smallest absolute Gasteiger partial charge is 0.341 e. The average molecular weight is 318 g/mol. The summed E-state index contributed by atoms with van der Waals surface area (Å²) < 4.78 is 9.85. The molecule has 0 aliphatic rings. The van der Waals surface area contributed by atoms with Crippen LogP contribution in [0.3, 0.4) is 0 Å². The van der Waals surface area contributed by atoms with Crippen molar-refractivity contribution < 1.29 is 19.2 Å². The van der Waals surface area contributed by atoms with Crippen LogP contribution in [0.4, 0.5) is 5.69 Å². The second-order valence-electron chi connectivity index (χ2n) is 3.29. The van der Waals surface area contributed by atoms with Crippen LogP contribution in [0, 0.1) is 10.1 Å². The van der Waals surface area contributed by atoms with Crippen molar-refractivity contribution in [1.82, 2.24) is 0 Å². The molecule has 0 aliphatic carbocycles. The van der Waals surface area contributed by atoms with Crippen LogP contribution in [-0.4, -0.2) is 24.6 Å². The molecule has 98 valence electrons. The van der Waals surface area contributed by atoms with E-state index in [1.807, 2.05) is 0 Å². The second kappa shape index (κ2) is 6.34. The van der Waals surface area contributed by atoms with Crippen molar-refractivity contribution in [2.45, 2.75) is 12.3 Å². The van der Waals surface area contributed by atoms with Gasteiger partial charge in [-0.15, -0.1) is 0 Å². The number of halogens is 1. The fourth-order valence-corrected chi connectivity index (χ4v) is 1.88. The Morgan fingerprint density at radius 2 is 2.17 bits per heavy atom. The van der Waals surface area contributed by atoms with E-state index in [1.165, 1.54) is 19.2 Å². The van der Waals surface area contributed by atoms with Gasteiger partial charge in [-0.2, -0.15) is 0 Å². The second-order valence-corrected chi connectivity index (χ2v) is 3.85. The summed E-state index contributed by atoms with van der Waals surface area (Å²) in [5.41, 5.74) is 0.472. The maximum absolute atomic E-state index is 11.7. The Labute approximate surface area is 112 Å². The fraction of sp³-hybridized carbons (Fsp3) is 0.364. The highest BCUT2D eigenvalue weighted by molar-refractivity contribution is 9.08. The topological polar surface area (TPSA) is 78.7 Å². The SMILES string of the molecule is CCOC(=O)c1cc(CBr)c([N+](=O)[O-])cc1OC. The number of benzene rings is 1. The molecule has 0 spiro atoms. The lowest BCUT2D eigenvalue weighted by atomic mass is 10.1. The van der Waals surface area contributed by atoms with Gasteiger partial charge in [0.25, 0.3) is 5.69 Å². The lowest BCUT2D eigenvalue weighted by Gasteiger charge is -2.09. The summed E-state index contributed by atoms with van der Waals surface area (Å²) >= 11 is 3.15. The number of nitrogens with zero attached hydrogens (tertiary/aromatic N) is 1. The Balaban J connectivity index is 3.34. The van der Waals surface area contributed by atoms with Crippen LogP contribution in [0.1, 0.15) is 22.8 Å². The molecule has 18 heavy (non-hydrogen) atoms. The Kier molecular flexibility index (Phi) is 5.08. The molecular weight excluding hydrogens is 306 g/mol. The number of nitro benzene ring substituents is 1. The van der Waals surface area contributed by atoms with Crippen molar-refractivity contribution in [1.29, 1.82) is 0 Å². The number of hydrogen-bond acceptors (Lipinski definition) is 5. The van der Waals surface area contributed by atoms with Crippen LogP contribution in [0.25, 0.3) is 0 Å². The standard InChI is InChI=1S/C11H12BrNO5/c1-3-18-11(14)8-4-7(6-12)9(13(15)16)5-10(8)17-2/h4-5H,3,6H2,1-2H3. The van der Waals surface area contributed by atoms with Crippen molar-refractivity contribution in [3.63, 3.8) is 0 Å². The molecule has 0 fully saturated rings. The Hall–Kier alpha value is -1.63. The first-order valence-corrected chi connectivity index (χ1v) is 6.25. The molecule has 0 bridgehead atoms. The first kappa shape index (κ1) is 14.4. The van der Waals surface area contributed by atoms with Crippen LogP contribution in [-0.2, 0) is 10.1 Å². The predicted octanol–water partition coefficient (Wildman–Crippen LogP) is 2.68. The van der Waals surface area contributed by atoms with Crippen LogP contribution in [0.15, 0.2) is 12.1 Å². The third-order valence-corrected chi connectivity index (χ3v) is 2.84. The quantitative estimate of drug-likeness (QED) is 0.361. The predicted molar refractivity (Wildman–Crippen MR) is 68.2 cm³/mol. The van der Waals surface area contributed by atoms with Gasteiger partial charge in [0, 0.05) is 10.9 Å². The monoisotopic (exact) mass is 317 g/mol. The van der Waals surface area contributed by atoms with Gasteiger partial charge in [-0.25, -0.2) is 4.79 Å². The molecule has 7 heteroatoms. The van der Waals surface area contributed by atoms with E-state index in [-0.39, 0.29) is 28.9 Å². The highest BCUT2D eigenvalue weighted by Gasteiger charge is 2.22. The largest absolute Gasteiger partial charge is 0.496 e. The van der Waals surface area contributed by atoms with Gasteiger partial charge in [0.05, 0.1) is 24.7 Å². The summed E-state index contributed by atoms with van der Waals surface area (Å²) in [6.07, 6.45) is 0. The highest BCUT2D eigenvalue weighted by Crippen LogP contribution is 2.30. The van der Waals surface area contributed by atoms with Crippen LogP contribution >= 0.6 is 15.9 Å². The zero-order valence-electron chi connectivity index (χ0n) is 9.94. The van der Waals surface area contributed by atoms with E-state index in [9.17, 15) is 14.9 Å². The number of methoxy groups -OCH3 is 1. The molecule has 1 rings (SSSR count). The van der Waals surface area contributed by atoms with Crippen LogP contribution in [0.2, 0.25) is 0 Å². The third-order valence-electron chi connectivity index (χ3n) is 2.24. The highest BCUT2D eigenvalue weighted by atomic mass is 79.9. The Bertz CT molecular complexity index is 475. The molecule has 0 aromatic heterocycles. The van der Waals surface area contributed by atoms with Gasteiger partial charge >= 0.3 is 5.97 Å². The van der Waals surface area contributed by atoms with Gasteiger partial charge in [0.15, 0.2) is 0 Å². The van der Waals surface area contributed by atoms with Crippen molar-refractivity contribution in [2.75, 3.05) is 13.7 Å². The molecule has 0 saturated heterocycles. The van der Waals surface area contributed by atoms with Crippen molar-refractivity contribution in [3.05, 3.63) is 33.4 Å². The number of rotatable bonds is 5. The number of esters is 1. The van der Waals surface area contributed by atoms with Gasteiger partial charge in [0.1, 0.15) is 11.3 Å². The fourth-order valence-electron chi connectivity index (χ4n) is 1.43. The molecule has 0 saturated carbocycles. The van der Waals surface area contributed by atoms with E-state index in [1.54, 1.807) is 6.92 Å². The summed E-state index contributed by atoms with van der Waals surface area (Å²) in [6, 6.07) is 2.63. The maximum Gasteiger partial charge on any atom is 0.341 e. The lowest BCUT2D eigenvalue weighted by Crippen LogP contribution is -2.08. The summed E-state index contributed by atoms with van der Waals surface area (Å²) in [5, 5.41) is 11.1. The molecule has 1 aromatic rings. The van der Waals surface area contributed by atoms with Gasteiger partial charge in [-0.3, -0.25) is 10.1 Å². The zero-order valence-corrected chi connectivity index (χ0v) is 11.5. The van der Waals surface area contributed by atoms with E-state index < -0.39 is 10.9 Å². The lowest BCUT2D eigenvalue weighted by molar-refractivity contribution is -0.385. The minimum Gasteiger partial charge on any atom is -0.496 e. The summed E-state index contributed by atoms with van der Waals surface area (Å²) in [6.45, 7) is 1.91. The molecule has 0 amide bonds. The minimum absolute atomic E-state index is 0.100. The first-order valence-electron chi connectivity index (χ1n) is 5.13. The Morgan fingerprint density at radius 1 is 1.50 bits per heavy atom. The van der Waals surface area contributed by atoms with E-state index in [0.29, 0.717) is 5.56 Å².